The number of piperidine rings is 1. The van der Waals surface area contributed by atoms with Gasteiger partial charge in [-0.15, -0.1) is 0 Å². The van der Waals surface area contributed by atoms with Crippen molar-refractivity contribution in [3.8, 4) is 0 Å². The van der Waals surface area contributed by atoms with E-state index in [4.69, 9.17) is 11.6 Å². The molecule has 0 saturated carbocycles. The first-order valence-corrected chi connectivity index (χ1v) is 8.55. The molecule has 118 valence electrons. The van der Waals surface area contributed by atoms with Crippen LogP contribution in [0.5, 0.6) is 0 Å². The van der Waals surface area contributed by atoms with Crippen molar-refractivity contribution >= 4 is 17.3 Å². The van der Waals surface area contributed by atoms with Gasteiger partial charge in [-0.05, 0) is 36.8 Å². The summed E-state index contributed by atoms with van der Waals surface area (Å²) in [6.07, 6.45) is 1.31. The van der Waals surface area contributed by atoms with E-state index < -0.39 is 0 Å². The SMILES string of the molecule is CC1CC(C)C(C)N(c2c(Cl)cccc2CNC(C)C)C1. The maximum absolute atomic E-state index is 6.57. The van der Waals surface area contributed by atoms with Gasteiger partial charge < -0.3 is 10.2 Å². The predicted molar refractivity (Wildman–Crippen MR) is 93.2 cm³/mol. The van der Waals surface area contributed by atoms with Crippen LogP contribution in [-0.2, 0) is 6.54 Å². The van der Waals surface area contributed by atoms with Crippen LogP contribution in [0.4, 0.5) is 5.69 Å². The van der Waals surface area contributed by atoms with E-state index in [1.54, 1.807) is 0 Å². The summed E-state index contributed by atoms with van der Waals surface area (Å²) in [6.45, 7) is 13.4. The average molecular weight is 309 g/mol. The van der Waals surface area contributed by atoms with Gasteiger partial charge in [-0.25, -0.2) is 0 Å². The number of halogens is 1. The average Bonchev–Trinajstić information content (AvgIpc) is 2.41. The highest BCUT2D eigenvalue weighted by Gasteiger charge is 2.31. The summed E-state index contributed by atoms with van der Waals surface area (Å²) in [5, 5.41) is 4.40. The van der Waals surface area contributed by atoms with Crippen LogP contribution in [-0.4, -0.2) is 18.6 Å². The molecule has 0 amide bonds. The quantitative estimate of drug-likeness (QED) is 0.866. The van der Waals surface area contributed by atoms with E-state index in [-0.39, 0.29) is 0 Å². The zero-order valence-corrected chi connectivity index (χ0v) is 14.7. The fraction of sp³-hybridized carbons (Fsp3) is 0.667. The molecular weight excluding hydrogens is 280 g/mol. The Kier molecular flexibility index (Phi) is 5.56. The summed E-state index contributed by atoms with van der Waals surface area (Å²) in [7, 11) is 0. The van der Waals surface area contributed by atoms with Crippen molar-refractivity contribution in [1.82, 2.24) is 5.32 Å². The molecule has 3 heteroatoms. The molecule has 0 radical (unpaired) electrons. The minimum atomic E-state index is 0.480. The van der Waals surface area contributed by atoms with Crippen LogP contribution in [0, 0.1) is 11.8 Å². The molecule has 1 heterocycles. The zero-order valence-electron chi connectivity index (χ0n) is 14.0. The fourth-order valence-electron chi connectivity index (χ4n) is 3.35. The number of hydrogen-bond donors (Lipinski definition) is 1. The largest absolute Gasteiger partial charge is 0.367 e. The summed E-state index contributed by atoms with van der Waals surface area (Å²) in [4.78, 5) is 2.53. The normalized spacial score (nSPS) is 26.4. The third-order valence-corrected chi connectivity index (χ3v) is 4.96. The van der Waals surface area contributed by atoms with Crippen molar-refractivity contribution in [2.45, 2.75) is 59.7 Å². The summed E-state index contributed by atoms with van der Waals surface area (Å²) in [5.41, 5.74) is 2.54. The van der Waals surface area contributed by atoms with Gasteiger partial charge in [-0.1, -0.05) is 51.4 Å². The van der Waals surface area contributed by atoms with Crippen molar-refractivity contribution in [3.63, 3.8) is 0 Å². The second kappa shape index (κ2) is 7.02. The van der Waals surface area contributed by atoms with Gasteiger partial charge in [-0.3, -0.25) is 0 Å². The summed E-state index contributed by atoms with van der Waals surface area (Å²) in [6, 6.07) is 7.30. The van der Waals surface area contributed by atoms with Gasteiger partial charge in [-0.2, -0.15) is 0 Å². The molecule has 1 fully saturated rings. The topological polar surface area (TPSA) is 15.3 Å². The van der Waals surface area contributed by atoms with Crippen LogP contribution < -0.4 is 10.2 Å². The third kappa shape index (κ3) is 3.92. The number of para-hydroxylation sites is 1. The Morgan fingerprint density at radius 3 is 2.67 bits per heavy atom. The Morgan fingerprint density at radius 2 is 2.00 bits per heavy atom. The van der Waals surface area contributed by atoms with Gasteiger partial charge in [0.15, 0.2) is 0 Å². The van der Waals surface area contributed by atoms with Crippen LogP contribution in [0.25, 0.3) is 0 Å². The molecule has 1 aliphatic heterocycles. The molecule has 3 unspecified atom stereocenters. The smallest absolute Gasteiger partial charge is 0.0643 e. The van der Waals surface area contributed by atoms with Crippen molar-refractivity contribution in [2.75, 3.05) is 11.4 Å². The molecule has 1 saturated heterocycles. The molecule has 1 N–H and O–H groups in total. The lowest BCUT2D eigenvalue weighted by Crippen LogP contribution is -2.46. The number of benzene rings is 1. The number of nitrogens with zero attached hydrogens (tertiary/aromatic N) is 1. The van der Waals surface area contributed by atoms with Gasteiger partial charge in [0.05, 0.1) is 10.7 Å². The van der Waals surface area contributed by atoms with E-state index in [1.807, 2.05) is 6.07 Å². The summed E-state index contributed by atoms with van der Waals surface area (Å²) >= 11 is 6.57. The molecule has 1 aromatic rings. The molecule has 0 aliphatic carbocycles. The molecular formula is C18H29ClN2. The summed E-state index contributed by atoms with van der Waals surface area (Å²) < 4.78 is 0. The van der Waals surface area contributed by atoms with Crippen LogP contribution in [0.1, 0.15) is 46.6 Å². The highest BCUT2D eigenvalue weighted by atomic mass is 35.5. The molecule has 0 spiro atoms. The van der Waals surface area contributed by atoms with E-state index in [0.717, 1.165) is 24.0 Å². The Morgan fingerprint density at radius 1 is 1.29 bits per heavy atom. The van der Waals surface area contributed by atoms with Crippen molar-refractivity contribution in [2.24, 2.45) is 11.8 Å². The van der Waals surface area contributed by atoms with E-state index in [2.05, 4.69) is 57.0 Å². The highest BCUT2D eigenvalue weighted by Crippen LogP contribution is 2.37. The fourth-order valence-corrected chi connectivity index (χ4v) is 3.65. The first-order chi connectivity index (χ1) is 9.90. The summed E-state index contributed by atoms with van der Waals surface area (Å²) in [5.74, 6) is 1.43. The molecule has 2 rings (SSSR count). The maximum Gasteiger partial charge on any atom is 0.0643 e. The minimum absolute atomic E-state index is 0.480. The van der Waals surface area contributed by atoms with Gasteiger partial charge in [0, 0.05) is 25.2 Å². The molecule has 1 aliphatic rings. The van der Waals surface area contributed by atoms with Crippen LogP contribution in [0.2, 0.25) is 5.02 Å². The maximum atomic E-state index is 6.57. The van der Waals surface area contributed by atoms with E-state index in [9.17, 15) is 0 Å². The number of rotatable bonds is 4. The zero-order chi connectivity index (χ0) is 15.6. The second-order valence-corrected chi connectivity index (χ2v) is 7.40. The second-order valence-electron chi connectivity index (χ2n) is 6.99. The highest BCUT2D eigenvalue weighted by molar-refractivity contribution is 6.33. The number of hydrogen-bond acceptors (Lipinski definition) is 2. The lowest BCUT2D eigenvalue weighted by atomic mass is 9.85. The van der Waals surface area contributed by atoms with Crippen LogP contribution >= 0.6 is 11.6 Å². The lowest BCUT2D eigenvalue weighted by Gasteiger charge is -2.43. The Hall–Kier alpha value is -0.730. The van der Waals surface area contributed by atoms with E-state index in [1.165, 1.54) is 17.7 Å². The van der Waals surface area contributed by atoms with Gasteiger partial charge >= 0.3 is 0 Å². The lowest BCUT2D eigenvalue weighted by molar-refractivity contribution is 0.296. The Bertz CT molecular complexity index is 472. The number of anilines is 1. The monoisotopic (exact) mass is 308 g/mol. The van der Waals surface area contributed by atoms with Crippen molar-refractivity contribution in [3.05, 3.63) is 28.8 Å². The predicted octanol–water partition coefficient (Wildman–Crippen LogP) is 4.71. The van der Waals surface area contributed by atoms with Gasteiger partial charge in [0.2, 0.25) is 0 Å². The van der Waals surface area contributed by atoms with Crippen molar-refractivity contribution in [1.29, 1.82) is 0 Å². The molecule has 1 aromatic carbocycles. The molecule has 2 nitrogen and oxygen atoms in total. The van der Waals surface area contributed by atoms with Crippen LogP contribution in [0.3, 0.4) is 0 Å². The van der Waals surface area contributed by atoms with Crippen LogP contribution in [0.15, 0.2) is 18.2 Å². The third-order valence-electron chi connectivity index (χ3n) is 4.66. The molecule has 0 bridgehead atoms. The number of nitrogens with one attached hydrogen (secondary N) is 1. The van der Waals surface area contributed by atoms with Gasteiger partial charge in [0.25, 0.3) is 0 Å². The van der Waals surface area contributed by atoms with E-state index in [0.29, 0.717) is 18.0 Å². The van der Waals surface area contributed by atoms with Gasteiger partial charge in [0.1, 0.15) is 0 Å². The Labute approximate surface area is 134 Å². The first kappa shape index (κ1) is 16.6. The van der Waals surface area contributed by atoms with E-state index >= 15 is 0 Å². The molecule has 21 heavy (non-hydrogen) atoms. The Balaban J connectivity index is 2.32. The first-order valence-electron chi connectivity index (χ1n) is 8.17. The molecule has 3 atom stereocenters. The molecule has 0 aromatic heterocycles. The minimum Gasteiger partial charge on any atom is -0.367 e. The standard InChI is InChI=1S/C18H29ClN2/c1-12(2)20-10-16-7-6-8-17(19)18(16)21-11-13(3)9-14(4)15(21)5/h6-8,12-15,20H,9-11H2,1-5H3. The van der Waals surface area contributed by atoms with Crippen molar-refractivity contribution < 1.29 is 0 Å².